The first-order chi connectivity index (χ1) is 9.72. The third-order valence-electron chi connectivity index (χ3n) is 4.12. The van der Waals surface area contributed by atoms with E-state index in [1.807, 2.05) is 6.92 Å². The quantitative estimate of drug-likeness (QED) is 0.831. The van der Waals surface area contributed by atoms with E-state index >= 15 is 0 Å². The van der Waals surface area contributed by atoms with Crippen LogP contribution in [0.3, 0.4) is 0 Å². The van der Waals surface area contributed by atoms with Crippen molar-refractivity contribution in [1.82, 2.24) is 9.97 Å². The molecule has 4 nitrogen and oxygen atoms in total. The minimum Gasteiger partial charge on any atom is -0.367 e. The number of rotatable bonds is 5. The van der Waals surface area contributed by atoms with Gasteiger partial charge in [-0.25, -0.2) is 9.97 Å². The molecule has 1 N–H and O–H groups in total. The summed E-state index contributed by atoms with van der Waals surface area (Å²) in [4.78, 5) is 11.4. The molecule has 4 heteroatoms. The van der Waals surface area contributed by atoms with Crippen LogP contribution in [-0.2, 0) is 0 Å². The van der Waals surface area contributed by atoms with Crippen LogP contribution in [0.5, 0.6) is 0 Å². The molecule has 1 heterocycles. The standard InChI is InChI=1S/C16H28N4/c1-4-20(5-2)16-12-15(17-13(3)18-16)19-14-10-8-6-7-9-11-14/h12,14H,4-11H2,1-3H3,(H,17,18,19). The van der Waals surface area contributed by atoms with Gasteiger partial charge < -0.3 is 10.2 Å². The Morgan fingerprint density at radius 3 is 2.35 bits per heavy atom. The van der Waals surface area contributed by atoms with E-state index in [1.54, 1.807) is 0 Å². The van der Waals surface area contributed by atoms with Crippen molar-refractivity contribution in [3.05, 3.63) is 11.9 Å². The van der Waals surface area contributed by atoms with Gasteiger partial charge in [0.05, 0.1) is 0 Å². The molecule has 112 valence electrons. The molecular formula is C16H28N4. The van der Waals surface area contributed by atoms with Crippen molar-refractivity contribution in [2.45, 2.75) is 65.3 Å². The van der Waals surface area contributed by atoms with Crippen molar-refractivity contribution in [2.75, 3.05) is 23.3 Å². The highest BCUT2D eigenvalue weighted by atomic mass is 15.2. The summed E-state index contributed by atoms with van der Waals surface area (Å²) in [5.41, 5.74) is 0. The van der Waals surface area contributed by atoms with Gasteiger partial charge in [0, 0.05) is 25.2 Å². The number of aryl methyl sites for hydroxylation is 1. The molecule has 0 bridgehead atoms. The van der Waals surface area contributed by atoms with Crippen LogP contribution >= 0.6 is 0 Å². The molecule has 0 aliphatic heterocycles. The number of nitrogens with one attached hydrogen (secondary N) is 1. The van der Waals surface area contributed by atoms with E-state index in [9.17, 15) is 0 Å². The maximum Gasteiger partial charge on any atom is 0.134 e. The molecule has 0 unspecified atom stereocenters. The Morgan fingerprint density at radius 2 is 1.75 bits per heavy atom. The first-order valence-corrected chi connectivity index (χ1v) is 8.10. The number of hydrogen-bond acceptors (Lipinski definition) is 4. The summed E-state index contributed by atoms with van der Waals surface area (Å²) < 4.78 is 0. The molecule has 0 aromatic carbocycles. The van der Waals surface area contributed by atoms with Gasteiger partial charge in [-0.15, -0.1) is 0 Å². The predicted molar refractivity (Wildman–Crippen MR) is 85.4 cm³/mol. The summed E-state index contributed by atoms with van der Waals surface area (Å²) in [6, 6.07) is 2.68. The molecule has 20 heavy (non-hydrogen) atoms. The fourth-order valence-electron chi connectivity index (χ4n) is 2.97. The van der Waals surface area contributed by atoms with E-state index in [-0.39, 0.29) is 0 Å². The van der Waals surface area contributed by atoms with E-state index in [1.165, 1.54) is 38.5 Å². The summed E-state index contributed by atoms with van der Waals surface area (Å²) in [7, 11) is 0. The Hall–Kier alpha value is -1.32. The molecule has 0 spiro atoms. The number of anilines is 2. The van der Waals surface area contributed by atoms with Crippen LogP contribution in [0.15, 0.2) is 6.07 Å². The molecular weight excluding hydrogens is 248 g/mol. The first kappa shape index (κ1) is 15.1. The van der Waals surface area contributed by atoms with E-state index in [0.29, 0.717) is 6.04 Å². The Morgan fingerprint density at radius 1 is 1.10 bits per heavy atom. The third-order valence-corrected chi connectivity index (χ3v) is 4.12. The second-order valence-electron chi connectivity index (χ2n) is 5.66. The van der Waals surface area contributed by atoms with Crippen LogP contribution in [-0.4, -0.2) is 29.1 Å². The summed E-state index contributed by atoms with van der Waals surface area (Å²) >= 11 is 0. The third kappa shape index (κ3) is 4.09. The van der Waals surface area contributed by atoms with Crippen molar-refractivity contribution in [1.29, 1.82) is 0 Å². The van der Waals surface area contributed by atoms with Crippen molar-refractivity contribution in [2.24, 2.45) is 0 Å². The van der Waals surface area contributed by atoms with Gasteiger partial charge in [0.25, 0.3) is 0 Å². The molecule has 1 aliphatic rings. The van der Waals surface area contributed by atoms with Gasteiger partial charge in [-0.2, -0.15) is 0 Å². The Bertz CT molecular complexity index is 407. The Balaban J connectivity index is 2.10. The highest BCUT2D eigenvalue weighted by Crippen LogP contribution is 2.22. The molecule has 1 fully saturated rings. The van der Waals surface area contributed by atoms with Crippen LogP contribution in [0.25, 0.3) is 0 Å². The van der Waals surface area contributed by atoms with E-state index in [0.717, 1.165) is 30.5 Å². The Kier molecular flexibility index (Phi) is 5.62. The summed E-state index contributed by atoms with van der Waals surface area (Å²) in [5, 5.41) is 3.63. The van der Waals surface area contributed by atoms with Gasteiger partial charge >= 0.3 is 0 Å². The molecule has 0 amide bonds. The fraction of sp³-hybridized carbons (Fsp3) is 0.750. The molecule has 0 saturated heterocycles. The number of hydrogen-bond donors (Lipinski definition) is 1. The van der Waals surface area contributed by atoms with Gasteiger partial charge in [0.15, 0.2) is 0 Å². The molecule has 1 aromatic heterocycles. The summed E-state index contributed by atoms with van der Waals surface area (Å²) in [5.74, 6) is 2.88. The average molecular weight is 276 g/mol. The molecule has 1 aromatic rings. The SMILES string of the molecule is CCN(CC)c1cc(NC2CCCCCC2)nc(C)n1. The minimum atomic E-state index is 0.580. The smallest absolute Gasteiger partial charge is 0.134 e. The molecule has 1 aliphatic carbocycles. The van der Waals surface area contributed by atoms with Crippen LogP contribution < -0.4 is 10.2 Å². The summed E-state index contributed by atoms with van der Waals surface area (Å²) in [6.07, 6.45) is 7.97. The van der Waals surface area contributed by atoms with Crippen LogP contribution in [0, 0.1) is 6.92 Å². The second-order valence-corrected chi connectivity index (χ2v) is 5.66. The van der Waals surface area contributed by atoms with Gasteiger partial charge in [0.2, 0.25) is 0 Å². The van der Waals surface area contributed by atoms with Gasteiger partial charge in [-0.3, -0.25) is 0 Å². The largest absolute Gasteiger partial charge is 0.367 e. The molecule has 0 atom stereocenters. The zero-order valence-corrected chi connectivity index (χ0v) is 13.2. The summed E-state index contributed by atoms with van der Waals surface area (Å²) in [6.45, 7) is 8.27. The van der Waals surface area contributed by atoms with Crippen molar-refractivity contribution in [3.8, 4) is 0 Å². The van der Waals surface area contributed by atoms with E-state index < -0.39 is 0 Å². The predicted octanol–water partition coefficient (Wildman–Crippen LogP) is 3.77. The second kappa shape index (κ2) is 7.46. The number of aromatic nitrogens is 2. The van der Waals surface area contributed by atoms with Gasteiger partial charge in [-0.1, -0.05) is 25.7 Å². The lowest BCUT2D eigenvalue weighted by Gasteiger charge is -2.22. The van der Waals surface area contributed by atoms with Crippen LogP contribution in [0.2, 0.25) is 0 Å². The van der Waals surface area contributed by atoms with Crippen molar-refractivity contribution in [3.63, 3.8) is 0 Å². The van der Waals surface area contributed by atoms with Gasteiger partial charge in [0.1, 0.15) is 17.5 Å². The molecule has 1 saturated carbocycles. The lowest BCUT2D eigenvalue weighted by molar-refractivity contribution is 0.617. The monoisotopic (exact) mass is 276 g/mol. The van der Waals surface area contributed by atoms with Gasteiger partial charge in [-0.05, 0) is 33.6 Å². The maximum atomic E-state index is 4.56. The molecule has 0 radical (unpaired) electrons. The topological polar surface area (TPSA) is 41.0 Å². The first-order valence-electron chi connectivity index (χ1n) is 8.10. The average Bonchev–Trinajstić information content (AvgIpc) is 2.68. The maximum absolute atomic E-state index is 4.56. The van der Waals surface area contributed by atoms with Crippen molar-refractivity contribution >= 4 is 11.6 Å². The zero-order chi connectivity index (χ0) is 14.4. The van der Waals surface area contributed by atoms with E-state index in [4.69, 9.17) is 0 Å². The normalized spacial score (nSPS) is 16.8. The van der Waals surface area contributed by atoms with Crippen LogP contribution in [0.4, 0.5) is 11.6 Å². The lowest BCUT2D eigenvalue weighted by atomic mass is 10.1. The molecule has 2 rings (SSSR count). The Labute approximate surface area is 123 Å². The lowest BCUT2D eigenvalue weighted by Crippen LogP contribution is -2.24. The van der Waals surface area contributed by atoms with Crippen LogP contribution in [0.1, 0.15) is 58.2 Å². The highest BCUT2D eigenvalue weighted by Gasteiger charge is 2.14. The van der Waals surface area contributed by atoms with E-state index in [2.05, 4.69) is 40.1 Å². The minimum absolute atomic E-state index is 0.580. The number of nitrogens with zero attached hydrogens (tertiary/aromatic N) is 3. The zero-order valence-electron chi connectivity index (χ0n) is 13.2. The van der Waals surface area contributed by atoms with Crippen molar-refractivity contribution < 1.29 is 0 Å². The fourth-order valence-corrected chi connectivity index (χ4v) is 2.97. The highest BCUT2D eigenvalue weighted by molar-refractivity contribution is 5.49.